The maximum Gasteiger partial charge on any atom is 0.244 e. The average Bonchev–Trinajstić information content (AvgIpc) is 3.29. The number of amides is 2. The Bertz CT molecular complexity index is 1240. The highest BCUT2D eigenvalue weighted by atomic mass is 35.5. The van der Waals surface area contributed by atoms with Gasteiger partial charge in [-0.25, -0.2) is 8.42 Å². The van der Waals surface area contributed by atoms with E-state index in [2.05, 4.69) is 5.32 Å². The first-order chi connectivity index (χ1) is 16.9. The van der Waals surface area contributed by atoms with E-state index in [-0.39, 0.29) is 36.7 Å². The van der Waals surface area contributed by atoms with Crippen molar-refractivity contribution in [3.05, 3.63) is 52.0 Å². The summed E-state index contributed by atoms with van der Waals surface area (Å²) in [6.45, 7) is 6.16. The number of carbonyl (C=O) groups is 2. The Kier molecular flexibility index (Phi) is 8.97. The minimum atomic E-state index is -3.87. The molecule has 1 aliphatic heterocycles. The lowest BCUT2D eigenvalue weighted by molar-refractivity contribution is -0.139. The summed E-state index contributed by atoms with van der Waals surface area (Å²) in [6.07, 6.45) is 0. The summed E-state index contributed by atoms with van der Waals surface area (Å²) in [6, 6.07) is 8.42. The Morgan fingerprint density at radius 1 is 1.06 bits per heavy atom. The van der Waals surface area contributed by atoms with E-state index in [9.17, 15) is 18.0 Å². The Balaban J connectivity index is 1.96. The molecule has 1 N–H and O–H groups in total. The van der Waals surface area contributed by atoms with Gasteiger partial charge in [0.15, 0.2) is 11.5 Å². The van der Waals surface area contributed by atoms with Gasteiger partial charge in [0.25, 0.3) is 0 Å². The van der Waals surface area contributed by atoms with Crippen LogP contribution in [0, 0.1) is 0 Å². The van der Waals surface area contributed by atoms with Crippen LogP contribution in [0.4, 0.5) is 5.69 Å². The fraction of sp³-hybridized carbons (Fsp3) is 0.417. The standard InChI is InChI=1S/C24H29Cl2N3O6S/c1-5-36(32,33)29(19-8-9-21-22(11-19)35-14-34-21)13-23(30)28(16(4)24(31)27-15(2)3)12-17-6-7-18(25)10-20(17)26/h6-11,15-16H,5,12-14H2,1-4H3,(H,27,31). The van der Waals surface area contributed by atoms with Crippen molar-refractivity contribution in [2.24, 2.45) is 0 Å². The molecule has 0 spiro atoms. The molecule has 9 nitrogen and oxygen atoms in total. The maximum absolute atomic E-state index is 13.7. The third-order valence-corrected chi connectivity index (χ3v) is 7.91. The van der Waals surface area contributed by atoms with E-state index < -0.39 is 28.5 Å². The van der Waals surface area contributed by atoms with Crippen LogP contribution in [-0.2, 0) is 26.2 Å². The van der Waals surface area contributed by atoms with Crippen molar-refractivity contribution in [2.75, 3.05) is 23.4 Å². The highest BCUT2D eigenvalue weighted by Crippen LogP contribution is 2.36. The van der Waals surface area contributed by atoms with Gasteiger partial charge in [-0.2, -0.15) is 0 Å². The maximum atomic E-state index is 13.7. The molecule has 12 heteroatoms. The van der Waals surface area contributed by atoms with Gasteiger partial charge in [-0.05, 0) is 57.5 Å². The van der Waals surface area contributed by atoms with Gasteiger partial charge in [0.2, 0.25) is 28.6 Å². The Labute approximate surface area is 221 Å². The average molecular weight is 558 g/mol. The van der Waals surface area contributed by atoms with Gasteiger partial charge in [-0.3, -0.25) is 13.9 Å². The first kappa shape index (κ1) is 27.9. The molecule has 1 heterocycles. The van der Waals surface area contributed by atoms with Gasteiger partial charge in [0, 0.05) is 28.7 Å². The second-order valence-corrected chi connectivity index (χ2v) is 11.6. The van der Waals surface area contributed by atoms with Crippen molar-refractivity contribution in [3.63, 3.8) is 0 Å². The molecule has 2 amide bonds. The third-order valence-electron chi connectivity index (χ3n) is 5.58. The molecule has 0 saturated carbocycles. The molecule has 0 bridgehead atoms. The molecule has 0 aliphatic carbocycles. The summed E-state index contributed by atoms with van der Waals surface area (Å²) in [4.78, 5) is 27.8. The van der Waals surface area contributed by atoms with Crippen LogP contribution in [0.15, 0.2) is 36.4 Å². The topological polar surface area (TPSA) is 105 Å². The predicted octanol–water partition coefficient (Wildman–Crippen LogP) is 3.82. The van der Waals surface area contributed by atoms with Crippen LogP contribution < -0.4 is 19.1 Å². The van der Waals surface area contributed by atoms with Gasteiger partial charge in [0.1, 0.15) is 12.6 Å². The lowest BCUT2D eigenvalue weighted by atomic mass is 10.1. The molecular formula is C24H29Cl2N3O6S. The summed E-state index contributed by atoms with van der Waals surface area (Å²) in [5.74, 6) is -0.331. The van der Waals surface area contributed by atoms with Crippen molar-refractivity contribution in [3.8, 4) is 11.5 Å². The molecule has 1 atom stereocenters. The second-order valence-electron chi connectivity index (χ2n) is 8.54. The summed E-state index contributed by atoms with van der Waals surface area (Å²) < 4.78 is 37.8. The van der Waals surface area contributed by atoms with E-state index in [1.54, 1.807) is 37.3 Å². The molecule has 0 fully saturated rings. The minimum Gasteiger partial charge on any atom is -0.454 e. The van der Waals surface area contributed by atoms with E-state index in [0.717, 1.165) is 4.31 Å². The van der Waals surface area contributed by atoms with Gasteiger partial charge >= 0.3 is 0 Å². The number of benzene rings is 2. The number of sulfonamides is 1. The molecule has 2 aromatic rings. The van der Waals surface area contributed by atoms with Crippen LogP contribution >= 0.6 is 23.2 Å². The Morgan fingerprint density at radius 2 is 1.75 bits per heavy atom. The first-order valence-corrected chi connectivity index (χ1v) is 13.7. The first-order valence-electron chi connectivity index (χ1n) is 11.4. The van der Waals surface area contributed by atoms with Gasteiger partial charge in [-0.15, -0.1) is 0 Å². The smallest absolute Gasteiger partial charge is 0.244 e. The number of halogens is 2. The van der Waals surface area contributed by atoms with E-state index in [1.165, 1.54) is 17.9 Å². The SMILES string of the molecule is CCS(=O)(=O)N(CC(=O)N(Cc1ccc(Cl)cc1Cl)C(C)C(=O)NC(C)C)c1ccc2c(c1)OCO2. The van der Waals surface area contributed by atoms with Crippen LogP contribution in [0.2, 0.25) is 10.0 Å². The van der Waals surface area contributed by atoms with Crippen LogP contribution in [0.3, 0.4) is 0 Å². The Hall–Kier alpha value is -2.69. The molecular weight excluding hydrogens is 529 g/mol. The third kappa shape index (κ3) is 6.54. The number of carbonyl (C=O) groups excluding carboxylic acids is 2. The Morgan fingerprint density at radius 3 is 2.39 bits per heavy atom. The highest BCUT2D eigenvalue weighted by molar-refractivity contribution is 7.92. The molecule has 1 aliphatic rings. The van der Waals surface area contributed by atoms with E-state index in [0.29, 0.717) is 27.1 Å². The summed E-state index contributed by atoms with van der Waals surface area (Å²) in [5, 5.41) is 3.54. The van der Waals surface area contributed by atoms with Gasteiger partial charge in [-0.1, -0.05) is 29.3 Å². The molecule has 0 saturated heterocycles. The van der Waals surface area contributed by atoms with Gasteiger partial charge in [0.05, 0.1) is 11.4 Å². The second kappa shape index (κ2) is 11.6. The summed E-state index contributed by atoms with van der Waals surface area (Å²) in [7, 11) is -3.87. The predicted molar refractivity (Wildman–Crippen MR) is 139 cm³/mol. The molecule has 2 aromatic carbocycles. The minimum absolute atomic E-state index is 0.0242. The molecule has 0 aromatic heterocycles. The van der Waals surface area contributed by atoms with Crippen LogP contribution in [0.5, 0.6) is 11.5 Å². The fourth-order valence-corrected chi connectivity index (χ4v) is 5.10. The van der Waals surface area contributed by atoms with Crippen LogP contribution in [0.1, 0.15) is 33.3 Å². The summed E-state index contributed by atoms with van der Waals surface area (Å²) >= 11 is 12.4. The van der Waals surface area contributed by atoms with E-state index in [4.69, 9.17) is 32.7 Å². The number of rotatable bonds is 10. The number of hydrogen-bond acceptors (Lipinski definition) is 6. The monoisotopic (exact) mass is 557 g/mol. The molecule has 1 unspecified atom stereocenters. The van der Waals surface area contributed by atoms with Crippen LogP contribution in [-0.4, -0.2) is 56.3 Å². The van der Waals surface area contributed by atoms with Crippen molar-refractivity contribution in [2.45, 2.75) is 46.3 Å². The highest BCUT2D eigenvalue weighted by Gasteiger charge is 2.32. The number of nitrogens with zero attached hydrogens (tertiary/aromatic N) is 2. The molecule has 3 rings (SSSR count). The number of anilines is 1. The van der Waals surface area contributed by atoms with Crippen molar-refractivity contribution in [1.29, 1.82) is 0 Å². The van der Waals surface area contributed by atoms with Crippen LogP contribution in [0.25, 0.3) is 0 Å². The van der Waals surface area contributed by atoms with Crippen molar-refractivity contribution < 1.29 is 27.5 Å². The molecule has 0 radical (unpaired) electrons. The zero-order chi connectivity index (χ0) is 26.6. The number of ether oxygens (including phenoxy) is 2. The van der Waals surface area contributed by atoms with Gasteiger partial charge < -0.3 is 19.7 Å². The summed E-state index contributed by atoms with van der Waals surface area (Å²) in [5.41, 5.74) is 0.810. The molecule has 36 heavy (non-hydrogen) atoms. The normalized spacial score (nSPS) is 13.4. The number of nitrogens with one attached hydrogen (secondary N) is 1. The fourth-order valence-electron chi connectivity index (χ4n) is 3.58. The largest absolute Gasteiger partial charge is 0.454 e. The zero-order valence-electron chi connectivity index (χ0n) is 20.5. The quantitative estimate of drug-likeness (QED) is 0.476. The zero-order valence-corrected chi connectivity index (χ0v) is 22.8. The van der Waals surface area contributed by atoms with Crippen molar-refractivity contribution >= 4 is 50.7 Å². The van der Waals surface area contributed by atoms with Crippen molar-refractivity contribution in [1.82, 2.24) is 10.2 Å². The van der Waals surface area contributed by atoms with E-state index >= 15 is 0 Å². The molecule has 196 valence electrons. The lowest BCUT2D eigenvalue weighted by Gasteiger charge is -2.32. The number of fused-ring (bicyclic) bond motifs is 1. The lowest BCUT2D eigenvalue weighted by Crippen LogP contribution is -2.52. The number of hydrogen-bond donors (Lipinski definition) is 1. The van der Waals surface area contributed by atoms with E-state index in [1.807, 2.05) is 13.8 Å².